The number of anilines is 1. The van der Waals surface area contributed by atoms with Crippen molar-refractivity contribution in [2.45, 2.75) is 97.0 Å². The number of nitrogens with one attached hydrogen (secondary N) is 2. The number of alkyl halides is 6. The first kappa shape index (κ1) is 39.2. The molecule has 0 aromatic heterocycles. The van der Waals surface area contributed by atoms with Crippen LogP contribution in [0.15, 0.2) is 84.9 Å². The Morgan fingerprint density at radius 1 is 0.608 bits per heavy atom. The van der Waals surface area contributed by atoms with Crippen molar-refractivity contribution in [3.8, 4) is 22.3 Å². The van der Waals surface area contributed by atoms with Gasteiger partial charge in [0.1, 0.15) is 0 Å². The molecule has 0 radical (unpaired) electrons. The molecule has 4 aromatic carbocycles. The lowest BCUT2D eigenvalue weighted by molar-refractivity contribution is -0.139. The Hall–Kier alpha value is -4.60. The topological polar surface area (TPSA) is 58.2 Å². The number of hydrogen-bond donors (Lipinski definition) is 2. The summed E-state index contributed by atoms with van der Waals surface area (Å²) in [6, 6.07) is 19.6. The molecule has 0 fully saturated rings. The molecule has 4 aromatic rings. The van der Waals surface area contributed by atoms with Gasteiger partial charge in [0.15, 0.2) is 0 Å². The molecule has 0 aliphatic heterocycles. The predicted octanol–water partition coefficient (Wildman–Crippen LogP) is 12.1. The van der Waals surface area contributed by atoms with Gasteiger partial charge >= 0.3 is 12.4 Å². The lowest BCUT2D eigenvalue weighted by Gasteiger charge is -2.29. The maximum Gasteiger partial charge on any atom is 0.417 e. The summed E-state index contributed by atoms with van der Waals surface area (Å²) in [5, 5.41) is 5.50. The lowest BCUT2D eigenvalue weighted by atomic mass is 9.76. The van der Waals surface area contributed by atoms with Crippen LogP contribution in [0.4, 0.5) is 32.0 Å². The maximum atomic E-state index is 14.4. The molecule has 0 atom stereocenters. The average molecular weight is 711 g/mol. The van der Waals surface area contributed by atoms with Crippen LogP contribution in [0, 0.1) is 0 Å². The Kier molecular flexibility index (Phi) is 11.8. The fraction of sp³-hybridized carbons (Fsp3) is 0.366. The minimum absolute atomic E-state index is 0.159. The SMILES string of the molecule is CCCCC(C)(C)NC(=O)c1ccc(-c2ccc(C(=O)Nc3ccc(-c4ccc(C(C)(CC)CC)cc4C(F)(F)F)c(C(F)(F)F)c3)cc2)cc1. The molecule has 0 bridgehead atoms. The van der Waals surface area contributed by atoms with E-state index >= 15 is 0 Å². The summed E-state index contributed by atoms with van der Waals surface area (Å²) in [4.78, 5) is 25.8. The molecular formula is C41H44F6N2O2. The Balaban J connectivity index is 1.56. The van der Waals surface area contributed by atoms with E-state index < -0.39 is 45.9 Å². The first-order valence-electron chi connectivity index (χ1n) is 17.1. The molecular weight excluding hydrogens is 666 g/mol. The fourth-order valence-electron chi connectivity index (χ4n) is 6.03. The van der Waals surface area contributed by atoms with Gasteiger partial charge in [-0.15, -0.1) is 0 Å². The van der Waals surface area contributed by atoms with Gasteiger partial charge in [0, 0.05) is 22.4 Å². The van der Waals surface area contributed by atoms with Crippen molar-refractivity contribution < 1.29 is 35.9 Å². The van der Waals surface area contributed by atoms with E-state index in [0.717, 1.165) is 54.7 Å². The second-order valence-electron chi connectivity index (χ2n) is 13.8. The number of halogens is 6. The van der Waals surface area contributed by atoms with Gasteiger partial charge in [-0.1, -0.05) is 83.0 Å². The zero-order valence-corrected chi connectivity index (χ0v) is 29.7. The van der Waals surface area contributed by atoms with Crippen LogP contribution in [0.1, 0.15) is 111 Å². The number of amides is 2. The number of rotatable bonds is 12. The van der Waals surface area contributed by atoms with Crippen molar-refractivity contribution in [3.63, 3.8) is 0 Å². The number of hydrogen-bond acceptors (Lipinski definition) is 2. The van der Waals surface area contributed by atoms with Crippen molar-refractivity contribution in [2.75, 3.05) is 5.32 Å². The van der Waals surface area contributed by atoms with E-state index in [1.54, 1.807) is 36.4 Å². The van der Waals surface area contributed by atoms with Gasteiger partial charge in [-0.05, 0) is 109 Å². The second-order valence-corrected chi connectivity index (χ2v) is 13.8. The molecule has 4 rings (SSSR count). The monoisotopic (exact) mass is 710 g/mol. The molecule has 0 saturated heterocycles. The summed E-state index contributed by atoms with van der Waals surface area (Å²) in [5.74, 6) is -0.875. The van der Waals surface area contributed by atoms with E-state index in [9.17, 15) is 35.9 Å². The minimum atomic E-state index is -5.01. The van der Waals surface area contributed by atoms with Crippen molar-refractivity contribution in [3.05, 3.63) is 113 Å². The van der Waals surface area contributed by atoms with Gasteiger partial charge in [0.2, 0.25) is 0 Å². The number of carbonyl (C=O) groups excluding carboxylic acids is 2. The molecule has 51 heavy (non-hydrogen) atoms. The zero-order chi connectivity index (χ0) is 37.8. The largest absolute Gasteiger partial charge is 0.417 e. The molecule has 0 unspecified atom stereocenters. The van der Waals surface area contributed by atoms with E-state index in [-0.39, 0.29) is 22.7 Å². The number of unbranched alkanes of at least 4 members (excludes halogenated alkanes) is 1. The molecule has 10 heteroatoms. The van der Waals surface area contributed by atoms with Gasteiger partial charge in [0.25, 0.3) is 11.8 Å². The van der Waals surface area contributed by atoms with Crippen molar-refractivity contribution >= 4 is 17.5 Å². The first-order chi connectivity index (χ1) is 23.8. The Bertz CT molecular complexity index is 1840. The standard InChI is InChI=1S/C41H44F6N2O2/c1-7-10-23-38(4,5)49-37(51)29-17-13-27(14-18-29)26-11-15-28(16-12-26)36(50)48-31-20-22-33(35(25-31)41(45,46)47)32-21-19-30(39(6,8-2)9-3)24-34(32)40(42,43)44/h11-22,24-25H,7-10,23H2,1-6H3,(H,48,50)(H,49,51). The fourth-order valence-corrected chi connectivity index (χ4v) is 6.03. The van der Waals surface area contributed by atoms with Crippen LogP contribution < -0.4 is 10.6 Å². The molecule has 2 amide bonds. The van der Waals surface area contributed by atoms with Crippen LogP contribution >= 0.6 is 0 Å². The van der Waals surface area contributed by atoms with E-state index in [4.69, 9.17) is 0 Å². The molecule has 0 heterocycles. The summed E-state index contributed by atoms with van der Waals surface area (Å²) >= 11 is 0. The van der Waals surface area contributed by atoms with Crippen LogP contribution in [-0.2, 0) is 17.8 Å². The van der Waals surface area contributed by atoms with Crippen LogP contribution in [0.5, 0.6) is 0 Å². The van der Waals surface area contributed by atoms with Crippen LogP contribution in [0.3, 0.4) is 0 Å². The normalized spacial score (nSPS) is 12.5. The van der Waals surface area contributed by atoms with Gasteiger partial charge in [-0.25, -0.2) is 0 Å². The van der Waals surface area contributed by atoms with E-state index in [2.05, 4.69) is 17.6 Å². The highest BCUT2D eigenvalue weighted by Gasteiger charge is 2.39. The number of carbonyl (C=O) groups is 2. The molecule has 0 spiro atoms. The van der Waals surface area contributed by atoms with Gasteiger partial charge in [0.05, 0.1) is 11.1 Å². The first-order valence-corrected chi connectivity index (χ1v) is 17.1. The Labute approximate surface area is 295 Å². The quantitative estimate of drug-likeness (QED) is 0.144. The Morgan fingerprint density at radius 3 is 1.55 bits per heavy atom. The highest BCUT2D eigenvalue weighted by Crippen LogP contribution is 2.45. The predicted molar refractivity (Wildman–Crippen MR) is 191 cm³/mol. The molecule has 0 saturated carbocycles. The summed E-state index contributed by atoms with van der Waals surface area (Å²) < 4.78 is 86.0. The lowest BCUT2D eigenvalue weighted by Crippen LogP contribution is -2.43. The summed E-state index contributed by atoms with van der Waals surface area (Å²) in [7, 11) is 0. The average Bonchev–Trinajstić information content (AvgIpc) is 3.09. The van der Waals surface area contributed by atoms with Gasteiger partial charge in [-0.3, -0.25) is 9.59 Å². The molecule has 0 aliphatic carbocycles. The zero-order valence-electron chi connectivity index (χ0n) is 29.7. The van der Waals surface area contributed by atoms with Gasteiger partial charge < -0.3 is 10.6 Å². The summed E-state index contributed by atoms with van der Waals surface area (Å²) in [6.07, 6.45) is -5.92. The van der Waals surface area contributed by atoms with Crippen LogP contribution in [-0.4, -0.2) is 17.4 Å². The van der Waals surface area contributed by atoms with Crippen LogP contribution in [0.25, 0.3) is 22.3 Å². The maximum absolute atomic E-state index is 14.4. The third-order valence-corrected chi connectivity index (χ3v) is 9.69. The molecule has 4 nitrogen and oxygen atoms in total. The van der Waals surface area contributed by atoms with E-state index in [0.29, 0.717) is 30.0 Å². The molecule has 2 N–H and O–H groups in total. The van der Waals surface area contributed by atoms with Crippen molar-refractivity contribution in [1.82, 2.24) is 5.32 Å². The highest BCUT2D eigenvalue weighted by atomic mass is 19.4. The third kappa shape index (κ3) is 9.40. The smallest absolute Gasteiger partial charge is 0.347 e. The molecule has 0 aliphatic rings. The number of benzene rings is 4. The van der Waals surface area contributed by atoms with Gasteiger partial charge in [-0.2, -0.15) is 26.3 Å². The van der Waals surface area contributed by atoms with Crippen molar-refractivity contribution in [2.24, 2.45) is 0 Å². The third-order valence-electron chi connectivity index (χ3n) is 9.69. The van der Waals surface area contributed by atoms with Crippen molar-refractivity contribution in [1.29, 1.82) is 0 Å². The molecule has 272 valence electrons. The minimum Gasteiger partial charge on any atom is -0.347 e. The van der Waals surface area contributed by atoms with E-state index in [1.807, 2.05) is 34.6 Å². The van der Waals surface area contributed by atoms with Crippen LogP contribution in [0.2, 0.25) is 0 Å². The van der Waals surface area contributed by atoms with E-state index in [1.165, 1.54) is 18.2 Å². The second kappa shape index (κ2) is 15.3. The summed E-state index contributed by atoms with van der Waals surface area (Å²) in [5.41, 5.74) is -2.23. The Morgan fingerprint density at radius 2 is 1.08 bits per heavy atom. The summed E-state index contributed by atoms with van der Waals surface area (Å²) in [6.45, 7) is 11.6. The highest BCUT2D eigenvalue weighted by molar-refractivity contribution is 6.04.